The second kappa shape index (κ2) is 11.2. The fraction of sp³-hybridized carbons (Fsp3) is 0.241. The Kier molecular flexibility index (Phi) is 7.61. The summed E-state index contributed by atoms with van der Waals surface area (Å²) in [5.41, 5.74) is 1.26. The molecule has 0 saturated carbocycles. The number of amides is 1. The Hall–Kier alpha value is -4.91. The lowest BCUT2D eigenvalue weighted by molar-refractivity contribution is -0.135. The molecule has 2 heterocycles. The van der Waals surface area contributed by atoms with Gasteiger partial charge in [-0.3, -0.25) is 4.79 Å². The van der Waals surface area contributed by atoms with Crippen molar-refractivity contribution in [3.05, 3.63) is 71.9 Å². The quantitative estimate of drug-likeness (QED) is 0.280. The molecule has 0 N–H and O–H groups in total. The molecular formula is C29H29N3O9S. The molecule has 0 aliphatic carbocycles. The van der Waals surface area contributed by atoms with Gasteiger partial charge in [0.2, 0.25) is 23.8 Å². The van der Waals surface area contributed by atoms with E-state index >= 15 is 0 Å². The highest BCUT2D eigenvalue weighted by atomic mass is 32.2. The van der Waals surface area contributed by atoms with Gasteiger partial charge >= 0.3 is 0 Å². The first-order valence-corrected chi connectivity index (χ1v) is 14.1. The van der Waals surface area contributed by atoms with Gasteiger partial charge in [0.15, 0.2) is 23.0 Å². The van der Waals surface area contributed by atoms with Crippen LogP contribution in [0.4, 0.5) is 0 Å². The lowest BCUT2D eigenvalue weighted by Gasteiger charge is -2.18. The van der Waals surface area contributed by atoms with Crippen LogP contribution in [0.1, 0.15) is 24.3 Å². The van der Waals surface area contributed by atoms with Gasteiger partial charge in [-0.1, -0.05) is 18.2 Å². The minimum atomic E-state index is -4.12. The zero-order valence-electron chi connectivity index (χ0n) is 23.8. The number of hydrogen-bond donors (Lipinski definition) is 0. The van der Waals surface area contributed by atoms with Crippen molar-refractivity contribution >= 4 is 32.7 Å². The van der Waals surface area contributed by atoms with Crippen molar-refractivity contribution in [1.29, 1.82) is 0 Å². The van der Waals surface area contributed by atoms with Crippen LogP contribution in [-0.2, 0) is 19.6 Å². The maximum atomic E-state index is 13.9. The van der Waals surface area contributed by atoms with E-state index in [4.69, 9.17) is 28.4 Å². The van der Waals surface area contributed by atoms with Crippen molar-refractivity contribution in [3.8, 4) is 28.7 Å². The Morgan fingerprint density at radius 2 is 1.48 bits per heavy atom. The predicted molar refractivity (Wildman–Crippen MR) is 153 cm³/mol. The number of carbonyl (C=O) groups excluding carboxylic acids is 1. The number of methoxy groups -OCH3 is 5. The molecule has 220 valence electrons. The predicted octanol–water partition coefficient (Wildman–Crippen LogP) is 4.16. The number of hydrazone groups is 1. The second-order valence-electron chi connectivity index (χ2n) is 9.07. The molecular weight excluding hydrogens is 566 g/mol. The highest BCUT2D eigenvalue weighted by Gasteiger charge is 2.37. The van der Waals surface area contributed by atoms with Crippen molar-refractivity contribution in [2.45, 2.75) is 18.0 Å². The fourth-order valence-corrected chi connectivity index (χ4v) is 6.15. The lowest BCUT2D eigenvalue weighted by Crippen LogP contribution is -2.25. The summed E-state index contributed by atoms with van der Waals surface area (Å²) in [6.07, 6.45) is 0.369. The Morgan fingerprint density at radius 3 is 2.07 bits per heavy atom. The van der Waals surface area contributed by atoms with Gasteiger partial charge in [-0.2, -0.15) is 5.01 Å². The molecule has 5 rings (SSSR count). The highest BCUT2D eigenvalue weighted by Crippen LogP contribution is 2.42. The molecule has 0 radical (unpaired) electrons. The summed E-state index contributed by atoms with van der Waals surface area (Å²) in [7, 11) is 3.23. The van der Waals surface area contributed by atoms with Crippen molar-refractivity contribution in [3.63, 3.8) is 0 Å². The minimum absolute atomic E-state index is 0.0161. The number of benzene rings is 3. The number of para-hydroxylation sites is 1. The van der Waals surface area contributed by atoms with Crippen LogP contribution in [0.2, 0.25) is 0 Å². The third kappa shape index (κ3) is 4.71. The van der Waals surface area contributed by atoms with Gasteiger partial charge in [0.05, 0.1) is 46.0 Å². The van der Waals surface area contributed by atoms with Gasteiger partial charge in [0.25, 0.3) is 10.0 Å². The van der Waals surface area contributed by atoms with Crippen LogP contribution in [0.15, 0.2) is 70.8 Å². The standard InChI is InChI=1S/C29H29N3O9S/c1-17(33)32-29(41-28(30-32)18-13-25(38-4)27(40-6)26(14-18)39-5)21-16-31(22-10-8-7-9-20(21)22)42(34,35)19-11-12-23(36-2)24(15-19)37-3/h7-16,29H,1-6H3. The molecule has 1 aromatic heterocycles. The van der Waals surface area contributed by atoms with E-state index in [1.54, 1.807) is 36.4 Å². The first kappa shape index (κ1) is 28.6. The van der Waals surface area contributed by atoms with Gasteiger partial charge in [-0.05, 0) is 30.3 Å². The van der Waals surface area contributed by atoms with Crippen LogP contribution >= 0.6 is 0 Å². The molecule has 4 aromatic rings. The largest absolute Gasteiger partial charge is 0.493 e. The molecule has 1 aliphatic heterocycles. The Bertz CT molecular complexity index is 1790. The van der Waals surface area contributed by atoms with E-state index in [2.05, 4.69) is 5.10 Å². The highest BCUT2D eigenvalue weighted by molar-refractivity contribution is 7.90. The third-order valence-corrected chi connectivity index (χ3v) is 8.43. The number of rotatable bonds is 9. The van der Waals surface area contributed by atoms with Crippen LogP contribution in [0.5, 0.6) is 28.7 Å². The van der Waals surface area contributed by atoms with E-state index in [9.17, 15) is 13.2 Å². The molecule has 42 heavy (non-hydrogen) atoms. The average molecular weight is 596 g/mol. The van der Waals surface area contributed by atoms with E-state index in [1.165, 1.54) is 66.9 Å². The molecule has 13 heteroatoms. The van der Waals surface area contributed by atoms with E-state index < -0.39 is 22.2 Å². The Labute approximate surface area is 242 Å². The number of carbonyl (C=O) groups is 1. The van der Waals surface area contributed by atoms with Crippen LogP contribution in [-0.4, -0.2) is 64.8 Å². The maximum Gasteiger partial charge on any atom is 0.268 e. The van der Waals surface area contributed by atoms with Crippen molar-refractivity contribution in [1.82, 2.24) is 8.98 Å². The van der Waals surface area contributed by atoms with Gasteiger partial charge in [-0.25, -0.2) is 12.4 Å². The number of aromatic nitrogens is 1. The van der Waals surface area contributed by atoms with Gasteiger partial charge in [-0.15, -0.1) is 5.10 Å². The van der Waals surface area contributed by atoms with E-state index in [-0.39, 0.29) is 16.5 Å². The van der Waals surface area contributed by atoms with Crippen molar-refractivity contribution in [2.24, 2.45) is 5.10 Å². The minimum Gasteiger partial charge on any atom is -0.493 e. The van der Waals surface area contributed by atoms with E-state index in [0.717, 1.165) is 8.98 Å². The van der Waals surface area contributed by atoms with E-state index in [0.29, 0.717) is 45.0 Å². The summed E-state index contributed by atoms with van der Waals surface area (Å²) in [6.45, 7) is 1.34. The van der Waals surface area contributed by atoms with Crippen LogP contribution in [0.3, 0.4) is 0 Å². The summed E-state index contributed by atoms with van der Waals surface area (Å²) >= 11 is 0. The van der Waals surface area contributed by atoms with Crippen LogP contribution in [0.25, 0.3) is 10.9 Å². The fourth-order valence-electron chi connectivity index (χ4n) is 4.75. The number of nitrogens with zero attached hydrogens (tertiary/aromatic N) is 3. The molecule has 3 aromatic carbocycles. The number of ether oxygens (including phenoxy) is 6. The summed E-state index contributed by atoms with van der Waals surface area (Å²) in [5.74, 6) is 1.46. The molecule has 0 saturated heterocycles. The molecule has 0 bridgehead atoms. The second-order valence-corrected chi connectivity index (χ2v) is 10.9. The summed E-state index contributed by atoms with van der Waals surface area (Å²) in [5, 5.41) is 6.15. The van der Waals surface area contributed by atoms with Crippen LogP contribution < -0.4 is 23.7 Å². The molecule has 1 amide bonds. The monoisotopic (exact) mass is 595 g/mol. The van der Waals surface area contributed by atoms with E-state index in [1.807, 2.05) is 0 Å². The molecule has 1 atom stereocenters. The zero-order valence-corrected chi connectivity index (χ0v) is 24.6. The van der Waals surface area contributed by atoms with Gasteiger partial charge in [0, 0.05) is 35.7 Å². The molecule has 0 fully saturated rings. The smallest absolute Gasteiger partial charge is 0.268 e. The average Bonchev–Trinajstić information content (AvgIpc) is 3.63. The van der Waals surface area contributed by atoms with Gasteiger partial charge < -0.3 is 28.4 Å². The number of hydrogen-bond acceptors (Lipinski definition) is 10. The van der Waals surface area contributed by atoms with Crippen molar-refractivity contribution < 1.29 is 41.6 Å². The zero-order chi connectivity index (χ0) is 30.2. The Morgan fingerprint density at radius 1 is 0.833 bits per heavy atom. The summed E-state index contributed by atoms with van der Waals surface area (Å²) in [4.78, 5) is 12.7. The maximum absolute atomic E-state index is 13.9. The topological polar surface area (TPSA) is 127 Å². The first-order chi connectivity index (χ1) is 20.2. The SMILES string of the molecule is COc1ccc(S(=O)(=O)n2cc(C3OC(c4cc(OC)c(OC)c(OC)c4)=NN3C(C)=O)c3ccccc32)cc1OC. The molecule has 0 spiro atoms. The number of fused-ring (bicyclic) bond motifs is 1. The van der Waals surface area contributed by atoms with Crippen LogP contribution in [0, 0.1) is 0 Å². The third-order valence-electron chi connectivity index (χ3n) is 6.76. The molecule has 12 nitrogen and oxygen atoms in total. The lowest BCUT2D eigenvalue weighted by atomic mass is 10.1. The first-order valence-electron chi connectivity index (χ1n) is 12.6. The normalized spacial score (nSPS) is 14.8. The van der Waals surface area contributed by atoms with Gasteiger partial charge in [0.1, 0.15) is 0 Å². The van der Waals surface area contributed by atoms with Crippen molar-refractivity contribution in [2.75, 3.05) is 35.5 Å². The molecule has 1 unspecified atom stereocenters. The Balaban J connectivity index is 1.62. The summed E-state index contributed by atoms with van der Waals surface area (Å²) < 4.78 is 62.1. The summed E-state index contributed by atoms with van der Waals surface area (Å²) in [6, 6.07) is 14.6. The molecule has 1 aliphatic rings.